The van der Waals surface area contributed by atoms with Crippen molar-refractivity contribution in [3.63, 3.8) is 0 Å². The van der Waals surface area contributed by atoms with Crippen LogP contribution in [-0.4, -0.2) is 29.5 Å². The molecule has 0 heterocycles. The fourth-order valence-electron chi connectivity index (χ4n) is 1.99. The maximum atomic E-state index is 11.6. The Balaban J connectivity index is 1.69. The minimum atomic E-state index is -0.920. The monoisotopic (exact) mass is 335 g/mol. The van der Waals surface area contributed by atoms with Crippen molar-refractivity contribution in [2.24, 2.45) is 0 Å². The van der Waals surface area contributed by atoms with Gasteiger partial charge < -0.3 is 20.3 Å². The first-order valence-corrected chi connectivity index (χ1v) is 7.54. The predicted octanol–water partition coefficient (Wildman–Crippen LogP) is 3.05. The molecule has 2 aromatic rings. The van der Waals surface area contributed by atoms with E-state index in [9.17, 15) is 15.0 Å². The number of aliphatic hydroxyl groups is 1. The van der Waals surface area contributed by atoms with E-state index in [2.05, 4.69) is 5.32 Å². The molecule has 0 fully saturated rings. The quantitative estimate of drug-likeness (QED) is 0.758. The molecule has 6 heteroatoms. The normalized spacial score (nSPS) is 11.7. The fourth-order valence-corrected chi connectivity index (χ4v) is 2.19. The number of aliphatic hydroxyl groups excluding tert-OH is 1. The molecule has 3 N–H and O–H groups in total. The van der Waals surface area contributed by atoms with Crippen molar-refractivity contribution in [2.45, 2.75) is 12.5 Å². The van der Waals surface area contributed by atoms with Crippen LogP contribution in [0, 0.1) is 0 Å². The van der Waals surface area contributed by atoms with Crippen molar-refractivity contribution in [1.82, 2.24) is 5.32 Å². The molecule has 1 amide bonds. The molecule has 5 nitrogen and oxygen atoms in total. The lowest BCUT2D eigenvalue weighted by Crippen LogP contribution is -2.28. The number of phenolic OH excluding ortho intramolecular Hbond substituents is 1. The third kappa shape index (κ3) is 5.81. The summed E-state index contributed by atoms with van der Waals surface area (Å²) in [5.74, 6) is 0.205. The molecule has 0 radical (unpaired) electrons. The Labute approximate surface area is 139 Å². The summed E-state index contributed by atoms with van der Waals surface area (Å²) >= 11 is 5.84. The van der Waals surface area contributed by atoms with Crippen LogP contribution in [0.3, 0.4) is 0 Å². The van der Waals surface area contributed by atoms with Crippen LogP contribution in [0.4, 0.5) is 4.79 Å². The van der Waals surface area contributed by atoms with Crippen molar-refractivity contribution in [1.29, 1.82) is 0 Å². The number of alkyl carbamates (subject to hydrolysis) is 1. The van der Waals surface area contributed by atoms with E-state index in [1.807, 2.05) is 0 Å². The van der Waals surface area contributed by atoms with E-state index in [0.717, 1.165) is 5.56 Å². The number of hydrogen-bond acceptors (Lipinski definition) is 4. The maximum absolute atomic E-state index is 11.6. The average molecular weight is 336 g/mol. The number of halogens is 1. The van der Waals surface area contributed by atoms with Gasteiger partial charge in [-0.05, 0) is 41.8 Å². The number of amides is 1. The first-order valence-electron chi connectivity index (χ1n) is 7.16. The molecular weight excluding hydrogens is 318 g/mol. The Kier molecular flexibility index (Phi) is 6.26. The molecule has 0 aromatic heterocycles. The number of ether oxygens (including phenoxy) is 1. The largest absolute Gasteiger partial charge is 0.508 e. The molecular formula is C17H18ClNO4. The van der Waals surface area contributed by atoms with E-state index in [0.29, 0.717) is 23.6 Å². The number of nitrogens with one attached hydrogen (secondary N) is 1. The third-order valence-electron chi connectivity index (χ3n) is 3.23. The third-order valence-corrected chi connectivity index (χ3v) is 3.46. The van der Waals surface area contributed by atoms with Gasteiger partial charge in [0.15, 0.2) is 0 Å². The number of carbonyl (C=O) groups is 1. The van der Waals surface area contributed by atoms with Crippen LogP contribution in [0.15, 0.2) is 48.5 Å². The van der Waals surface area contributed by atoms with Crippen molar-refractivity contribution in [3.05, 3.63) is 64.7 Å². The maximum Gasteiger partial charge on any atom is 0.407 e. The average Bonchev–Trinajstić information content (AvgIpc) is 2.54. The van der Waals surface area contributed by atoms with Crippen LogP contribution in [-0.2, 0) is 11.2 Å². The number of rotatable bonds is 6. The summed E-state index contributed by atoms with van der Waals surface area (Å²) in [5, 5.41) is 22.2. The molecule has 0 aliphatic rings. The van der Waals surface area contributed by atoms with Crippen molar-refractivity contribution in [2.75, 3.05) is 13.2 Å². The van der Waals surface area contributed by atoms with Crippen molar-refractivity contribution >= 4 is 17.7 Å². The second kappa shape index (κ2) is 8.41. The van der Waals surface area contributed by atoms with E-state index in [1.54, 1.807) is 48.5 Å². The van der Waals surface area contributed by atoms with Crippen LogP contribution in [0.5, 0.6) is 5.75 Å². The molecule has 1 atom stereocenters. The highest BCUT2D eigenvalue weighted by Crippen LogP contribution is 2.17. The highest BCUT2D eigenvalue weighted by molar-refractivity contribution is 6.30. The van der Waals surface area contributed by atoms with Gasteiger partial charge in [-0.15, -0.1) is 0 Å². The van der Waals surface area contributed by atoms with Crippen LogP contribution in [0.1, 0.15) is 17.2 Å². The molecule has 0 saturated carbocycles. The predicted molar refractivity (Wildman–Crippen MR) is 87.6 cm³/mol. The zero-order chi connectivity index (χ0) is 16.7. The van der Waals surface area contributed by atoms with E-state index < -0.39 is 12.2 Å². The Hall–Kier alpha value is -2.24. The van der Waals surface area contributed by atoms with Gasteiger partial charge >= 0.3 is 6.09 Å². The highest BCUT2D eigenvalue weighted by Gasteiger charge is 2.11. The number of carbonyl (C=O) groups excluding carboxylic acids is 1. The standard InChI is InChI=1S/C17H18ClNO4/c18-14-3-1-2-13(10-14)16(21)11-23-17(22)19-9-8-12-4-6-15(20)7-5-12/h1-7,10,16,20-21H,8-9,11H2,(H,19,22)/t16-/m0/s1. The second-order valence-corrected chi connectivity index (χ2v) is 5.45. The van der Waals surface area contributed by atoms with Gasteiger partial charge in [-0.3, -0.25) is 0 Å². The summed E-state index contributed by atoms with van der Waals surface area (Å²) in [6.45, 7) is 0.252. The van der Waals surface area contributed by atoms with Gasteiger partial charge in [0.05, 0.1) is 0 Å². The van der Waals surface area contributed by atoms with Gasteiger partial charge in [0, 0.05) is 11.6 Å². The van der Waals surface area contributed by atoms with Gasteiger partial charge in [0.2, 0.25) is 0 Å². The van der Waals surface area contributed by atoms with E-state index in [1.165, 1.54) is 0 Å². The summed E-state index contributed by atoms with van der Waals surface area (Å²) in [4.78, 5) is 11.6. The van der Waals surface area contributed by atoms with Crippen LogP contribution >= 0.6 is 11.6 Å². The van der Waals surface area contributed by atoms with Gasteiger partial charge in [-0.2, -0.15) is 0 Å². The summed E-state index contributed by atoms with van der Waals surface area (Å²) in [6, 6.07) is 13.5. The van der Waals surface area contributed by atoms with E-state index in [4.69, 9.17) is 16.3 Å². The Morgan fingerprint density at radius 1 is 1.22 bits per heavy atom. The number of hydrogen-bond donors (Lipinski definition) is 3. The molecule has 2 aromatic carbocycles. The fraction of sp³-hybridized carbons (Fsp3) is 0.235. The number of benzene rings is 2. The minimum absolute atomic E-state index is 0.147. The molecule has 0 spiro atoms. The minimum Gasteiger partial charge on any atom is -0.508 e. The molecule has 0 unspecified atom stereocenters. The van der Waals surface area contributed by atoms with Crippen LogP contribution in [0.2, 0.25) is 5.02 Å². The smallest absolute Gasteiger partial charge is 0.407 e. The van der Waals surface area contributed by atoms with Gasteiger partial charge in [-0.1, -0.05) is 35.9 Å². The van der Waals surface area contributed by atoms with Gasteiger partial charge in [0.25, 0.3) is 0 Å². The zero-order valence-corrected chi connectivity index (χ0v) is 13.2. The summed E-state index contributed by atoms with van der Waals surface area (Å²) < 4.78 is 4.97. The van der Waals surface area contributed by atoms with E-state index >= 15 is 0 Å². The first-order chi connectivity index (χ1) is 11.0. The SMILES string of the molecule is O=C(NCCc1ccc(O)cc1)OC[C@H](O)c1cccc(Cl)c1. The van der Waals surface area contributed by atoms with Crippen molar-refractivity contribution < 1.29 is 19.7 Å². The molecule has 2 rings (SSSR count). The highest BCUT2D eigenvalue weighted by atomic mass is 35.5. The molecule has 0 bridgehead atoms. The Morgan fingerprint density at radius 3 is 2.65 bits per heavy atom. The van der Waals surface area contributed by atoms with Crippen LogP contribution in [0.25, 0.3) is 0 Å². The van der Waals surface area contributed by atoms with E-state index in [-0.39, 0.29) is 12.4 Å². The number of aromatic hydroxyl groups is 1. The lowest BCUT2D eigenvalue weighted by atomic mass is 10.1. The lowest BCUT2D eigenvalue weighted by Gasteiger charge is -2.12. The molecule has 0 saturated heterocycles. The molecule has 0 aliphatic carbocycles. The summed E-state index contributed by atoms with van der Waals surface area (Å²) in [6.07, 6.45) is -0.895. The van der Waals surface area contributed by atoms with Crippen molar-refractivity contribution in [3.8, 4) is 5.75 Å². The van der Waals surface area contributed by atoms with Gasteiger partial charge in [0.1, 0.15) is 18.5 Å². The Morgan fingerprint density at radius 2 is 1.96 bits per heavy atom. The summed E-state index contributed by atoms with van der Waals surface area (Å²) in [7, 11) is 0. The molecule has 0 aliphatic heterocycles. The topological polar surface area (TPSA) is 78.8 Å². The van der Waals surface area contributed by atoms with Gasteiger partial charge in [-0.25, -0.2) is 4.79 Å². The zero-order valence-electron chi connectivity index (χ0n) is 12.4. The first kappa shape index (κ1) is 17.1. The summed E-state index contributed by atoms with van der Waals surface area (Å²) in [5.41, 5.74) is 1.58. The molecule has 23 heavy (non-hydrogen) atoms. The lowest BCUT2D eigenvalue weighted by molar-refractivity contribution is 0.0682. The van der Waals surface area contributed by atoms with Crippen LogP contribution < -0.4 is 5.32 Å². The number of phenols is 1. The Bertz CT molecular complexity index is 645. The molecule has 122 valence electrons. The second-order valence-electron chi connectivity index (χ2n) is 5.01.